The van der Waals surface area contributed by atoms with E-state index in [1.54, 1.807) is 0 Å². The lowest BCUT2D eigenvalue weighted by Gasteiger charge is -2.26. The van der Waals surface area contributed by atoms with Crippen molar-refractivity contribution in [3.05, 3.63) is 12.3 Å². The average Bonchev–Trinajstić information content (AvgIpc) is 2.39. The van der Waals surface area contributed by atoms with Crippen molar-refractivity contribution in [2.24, 2.45) is 10.2 Å². The molecule has 0 aromatic heterocycles. The summed E-state index contributed by atoms with van der Waals surface area (Å²) in [5.41, 5.74) is 0.151. The maximum Gasteiger partial charge on any atom is 0.102 e. The van der Waals surface area contributed by atoms with E-state index in [4.69, 9.17) is 0 Å². The molecule has 0 aromatic carbocycles. The van der Waals surface area contributed by atoms with Crippen molar-refractivity contribution >= 4 is 0 Å². The fourth-order valence-corrected chi connectivity index (χ4v) is 1.78. The fraction of sp³-hybridized carbons (Fsp3) is 0.750. The van der Waals surface area contributed by atoms with Gasteiger partial charge in [-0.1, -0.05) is 19.3 Å². The van der Waals surface area contributed by atoms with Crippen LogP contribution in [0.15, 0.2) is 22.5 Å². The van der Waals surface area contributed by atoms with Crippen LogP contribution in [0, 0.1) is 0 Å². The molecule has 1 fully saturated rings. The van der Waals surface area contributed by atoms with Gasteiger partial charge in [0.05, 0.1) is 0 Å². The van der Waals surface area contributed by atoms with Crippen LogP contribution in [0.3, 0.4) is 0 Å². The molecule has 0 unspecified atom stereocenters. The highest BCUT2D eigenvalue weighted by Gasteiger charge is 2.30. The van der Waals surface area contributed by atoms with Crippen molar-refractivity contribution in [3.63, 3.8) is 0 Å². The van der Waals surface area contributed by atoms with Gasteiger partial charge in [-0.05, 0) is 18.9 Å². The molecule has 1 aliphatic carbocycles. The molecular weight excluding hydrogens is 124 g/mol. The topological polar surface area (TPSA) is 24.7 Å². The summed E-state index contributed by atoms with van der Waals surface area (Å²) >= 11 is 0. The van der Waals surface area contributed by atoms with Gasteiger partial charge >= 0.3 is 0 Å². The normalized spacial score (nSPS) is 28.0. The average molecular weight is 136 g/mol. The van der Waals surface area contributed by atoms with Crippen LogP contribution in [0.25, 0.3) is 0 Å². The van der Waals surface area contributed by atoms with E-state index in [0.29, 0.717) is 0 Å². The molecule has 2 nitrogen and oxygen atoms in total. The SMILES string of the molecule is C1=CC2(CCCCC2)N=N1. The maximum absolute atomic E-state index is 4.24. The number of hydrogen-bond donors (Lipinski definition) is 0. The molecule has 2 aliphatic rings. The second-order valence-corrected chi connectivity index (χ2v) is 3.20. The van der Waals surface area contributed by atoms with Gasteiger partial charge in [0.2, 0.25) is 0 Å². The minimum absolute atomic E-state index is 0.151. The van der Waals surface area contributed by atoms with Crippen molar-refractivity contribution < 1.29 is 0 Å². The van der Waals surface area contributed by atoms with Crippen LogP contribution in [0.5, 0.6) is 0 Å². The van der Waals surface area contributed by atoms with Crippen molar-refractivity contribution in [3.8, 4) is 0 Å². The summed E-state index contributed by atoms with van der Waals surface area (Å²) in [4.78, 5) is 0. The van der Waals surface area contributed by atoms with Gasteiger partial charge in [-0.3, -0.25) is 0 Å². The largest absolute Gasteiger partial charge is 0.178 e. The van der Waals surface area contributed by atoms with Crippen LogP contribution in [0.4, 0.5) is 0 Å². The van der Waals surface area contributed by atoms with Gasteiger partial charge in [0.1, 0.15) is 5.54 Å². The first-order chi connectivity index (χ1) is 4.91. The van der Waals surface area contributed by atoms with Crippen molar-refractivity contribution in [2.75, 3.05) is 0 Å². The molecule has 1 spiro atoms. The van der Waals surface area contributed by atoms with Crippen LogP contribution in [0.2, 0.25) is 0 Å². The molecule has 1 aliphatic heterocycles. The summed E-state index contributed by atoms with van der Waals surface area (Å²) in [6, 6.07) is 0. The van der Waals surface area contributed by atoms with E-state index in [1.165, 1.54) is 32.1 Å². The Morgan fingerprint density at radius 2 is 1.90 bits per heavy atom. The van der Waals surface area contributed by atoms with Crippen molar-refractivity contribution in [2.45, 2.75) is 37.6 Å². The highest BCUT2D eigenvalue weighted by Crippen LogP contribution is 2.35. The lowest BCUT2D eigenvalue weighted by Crippen LogP contribution is -2.24. The lowest BCUT2D eigenvalue weighted by atomic mass is 9.83. The molecule has 1 heterocycles. The first-order valence-corrected chi connectivity index (χ1v) is 4.01. The highest BCUT2D eigenvalue weighted by molar-refractivity contribution is 5.10. The van der Waals surface area contributed by atoms with E-state index >= 15 is 0 Å². The molecule has 2 heteroatoms. The van der Waals surface area contributed by atoms with Crippen LogP contribution < -0.4 is 0 Å². The Hall–Kier alpha value is -0.660. The molecule has 0 N–H and O–H groups in total. The summed E-state index contributed by atoms with van der Waals surface area (Å²) in [6.07, 6.45) is 10.5. The first kappa shape index (κ1) is 6.08. The molecule has 2 rings (SSSR count). The monoisotopic (exact) mass is 136 g/mol. The lowest BCUT2D eigenvalue weighted by molar-refractivity contribution is 0.358. The molecule has 10 heavy (non-hydrogen) atoms. The molecule has 54 valence electrons. The number of nitrogens with zero attached hydrogens (tertiary/aromatic N) is 2. The van der Waals surface area contributed by atoms with E-state index in [9.17, 15) is 0 Å². The zero-order valence-corrected chi connectivity index (χ0v) is 6.08. The first-order valence-electron chi connectivity index (χ1n) is 4.01. The van der Waals surface area contributed by atoms with E-state index < -0.39 is 0 Å². The standard InChI is InChI=1S/C8H12N2/c1-2-4-8(5-3-1)6-7-9-10-8/h6-7H,1-5H2. The third kappa shape index (κ3) is 0.877. The number of azo groups is 1. The molecule has 0 amide bonds. The summed E-state index contributed by atoms with van der Waals surface area (Å²) in [7, 11) is 0. The van der Waals surface area contributed by atoms with E-state index in [0.717, 1.165) is 0 Å². The van der Waals surface area contributed by atoms with Gasteiger partial charge < -0.3 is 0 Å². The summed E-state index contributed by atoms with van der Waals surface area (Å²) in [5, 5.41) is 8.15. The Bertz CT molecular complexity index is 162. The molecule has 0 radical (unpaired) electrons. The predicted molar refractivity (Wildman–Crippen MR) is 39.8 cm³/mol. The Labute approximate surface area is 61.0 Å². The highest BCUT2D eigenvalue weighted by atomic mass is 15.2. The van der Waals surface area contributed by atoms with Crippen molar-refractivity contribution in [1.82, 2.24) is 0 Å². The minimum atomic E-state index is 0.151. The Morgan fingerprint density at radius 3 is 2.50 bits per heavy atom. The molecule has 0 aromatic rings. The van der Waals surface area contributed by atoms with E-state index in [-0.39, 0.29) is 5.54 Å². The predicted octanol–water partition coefficient (Wildman–Crippen LogP) is 2.67. The molecule has 1 saturated carbocycles. The Balaban J connectivity index is 2.13. The van der Waals surface area contributed by atoms with Gasteiger partial charge in [-0.2, -0.15) is 10.2 Å². The Kier molecular flexibility index (Phi) is 1.33. The molecule has 0 saturated heterocycles. The van der Waals surface area contributed by atoms with Crippen molar-refractivity contribution in [1.29, 1.82) is 0 Å². The number of hydrogen-bond acceptors (Lipinski definition) is 2. The molecule has 0 bridgehead atoms. The smallest absolute Gasteiger partial charge is 0.102 e. The van der Waals surface area contributed by atoms with Crippen LogP contribution in [0.1, 0.15) is 32.1 Å². The Morgan fingerprint density at radius 1 is 1.10 bits per heavy atom. The third-order valence-corrected chi connectivity index (χ3v) is 2.43. The van der Waals surface area contributed by atoms with Gasteiger partial charge in [-0.15, -0.1) is 0 Å². The summed E-state index contributed by atoms with van der Waals surface area (Å²) in [6.45, 7) is 0. The maximum atomic E-state index is 4.24. The van der Waals surface area contributed by atoms with Crippen LogP contribution in [-0.2, 0) is 0 Å². The quantitative estimate of drug-likeness (QED) is 0.489. The van der Waals surface area contributed by atoms with E-state index in [1.807, 2.05) is 6.20 Å². The summed E-state index contributed by atoms with van der Waals surface area (Å²) in [5.74, 6) is 0. The van der Waals surface area contributed by atoms with Gasteiger partial charge in [0.25, 0.3) is 0 Å². The summed E-state index contributed by atoms with van der Waals surface area (Å²) < 4.78 is 0. The van der Waals surface area contributed by atoms with Gasteiger partial charge in [0, 0.05) is 6.20 Å². The second kappa shape index (κ2) is 2.19. The number of rotatable bonds is 0. The molecular formula is C8H12N2. The zero-order valence-electron chi connectivity index (χ0n) is 6.08. The second-order valence-electron chi connectivity index (χ2n) is 3.20. The molecule has 0 atom stereocenters. The van der Waals surface area contributed by atoms with E-state index in [2.05, 4.69) is 16.3 Å². The van der Waals surface area contributed by atoms with Gasteiger partial charge in [-0.25, -0.2) is 0 Å². The van der Waals surface area contributed by atoms with Crippen LogP contribution in [-0.4, -0.2) is 5.54 Å². The van der Waals surface area contributed by atoms with Gasteiger partial charge in [0.15, 0.2) is 0 Å². The third-order valence-electron chi connectivity index (χ3n) is 2.43. The van der Waals surface area contributed by atoms with Crippen LogP contribution >= 0.6 is 0 Å². The minimum Gasteiger partial charge on any atom is -0.178 e. The zero-order chi connectivity index (χ0) is 6.86. The fourth-order valence-electron chi connectivity index (χ4n) is 1.78.